The maximum Gasteiger partial charge on any atom is 0.534 e. The van der Waals surface area contributed by atoms with Gasteiger partial charge in [-0.1, -0.05) is 0 Å². The molecule has 0 atom stereocenters. The lowest BCUT2D eigenvalue weighted by Gasteiger charge is -2.13. The number of nitrogens with one attached hydrogen (secondary N) is 1. The van der Waals surface area contributed by atoms with Crippen LogP contribution in [-0.2, 0) is 20.2 Å². The largest absolute Gasteiger partial charge is 0.534 e. The molecule has 0 radical (unpaired) electrons. The molecule has 2 N–H and O–H groups in total. The van der Waals surface area contributed by atoms with Gasteiger partial charge < -0.3 is 27.9 Å². The fourth-order valence-corrected chi connectivity index (χ4v) is 5.57. The molecule has 0 aliphatic rings. The van der Waals surface area contributed by atoms with Crippen molar-refractivity contribution in [1.82, 2.24) is 29.5 Å². The minimum atomic E-state index is -6.43. The molecule has 0 spiro atoms. The van der Waals surface area contributed by atoms with Gasteiger partial charge in [-0.3, -0.25) is 4.79 Å². The summed E-state index contributed by atoms with van der Waals surface area (Å²) < 4.78 is 171. The number of rotatable bonds is 10. The summed E-state index contributed by atoms with van der Waals surface area (Å²) in [6, 6.07) is 10.7. The molecule has 4 heterocycles. The molecule has 58 heavy (non-hydrogen) atoms. The number of hydrogen-bond acceptors (Lipinski definition) is 13. The van der Waals surface area contributed by atoms with Gasteiger partial charge in [-0.15, -0.1) is 10.2 Å². The summed E-state index contributed by atoms with van der Waals surface area (Å²) in [5.41, 5.74) is -12.5. The second kappa shape index (κ2) is 15.6. The highest BCUT2D eigenvalue weighted by Gasteiger charge is 2.50. The van der Waals surface area contributed by atoms with Gasteiger partial charge in [0.2, 0.25) is 17.6 Å². The summed E-state index contributed by atoms with van der Waals surface area (Å²) in [4.78, 5) is 17.8. The van der Waals surface area contributed by atoms with Crippen molar-refractivity contribution in [2.45, 2.75) is 50.9 Å². The second-order valence-corrected chi connectivity index (χ2v) is 15.2. The van der Waals surface area contributed by atoms with Crippen LogP contribution >= 0.6 is 0 Å². The van der Waals surface area contributed by atoms with Crippen LogP contribution in [0.4, 0.5) is 35.1 Å². The van der Waals surface area contributed by atoms with E-state index < -0.39 is 77.3 Å². The number of benzene rings is 2. The molecule has 0 aliphatic carbocycles. The molecular formula is C32H26F8N6O10S2. The van der Waals surface area contributed by atoms with E-state index in [1.807, 2.05) is 13.8 Å². The van der Waals surface area contributed by atoms with Gasteiger partial charge in [0.1, 0.15) is 28.2 Å². The first-order chi connectivity index (χ1) is 26.8. The molecule has 26 heteroatoms. The predicted molar refractivity (Wildman–Crippen MR) is 185 cm³/mol. The second-order valence-electron chi connectivity index (χ2n) is 12.1. The van der Waals surface area contributed by atoms with Crippen molar-refractivity contribution < 1.29 is 74.9 Å². The quantitative estimate of drug-likeness (QED) is 0.0902. The fraction of sp³-hybridized carbons (Fsp3) is 0.250. The molecule has 6 rings (SSSR count). The molecule has 2 aromatic carbocycles. The van der Waals surface area contributed by atoms with Crippen molar-refractivity contribution in [3.8, 4) is 40.5 Å². The first kappa shape index (κ1) is 43.0. The molecule has 6 aromatic rings. The number of halogens is 8. The fourth-order valence-electron chi connectivity index (χ4n) is 4.70. The Hall–Kier alpha value is -6.18. The Morgan fingerprint density at radius 2 is 1.14 bits per heavy atom. The third-order valence-corrected chi connectivity index (χ3v) is 8.89. The molecule has 16 nitrogen and oxygen atoms in total. The first-order valence-electron chi connectivity index (χ1n) is 15.9. The van der Waals surface area contributed by atoms with E-state index in [4.69, 9.17) is 9.47 Å². The van der Waals surface area contributed by atoms with Crippen LogP contribution < -0.4 is 23.4 Å². The molecule has 0 unspecified atom stereocenters. The van der Waals surface area contributed by atoms with Gasteiger partial charge in [0.05, 0.1) is 23.6 Å². The third kappa shape index (κ3) is 9.17. The topological polar surface area (TPSA) is 207 Å². The van der Waals surface area contributed by atoms with E-state index in [1.54, 1.807) is 0 Å². The van der Waals surface area contributed by atoms with Gasteiger partial charge in [-0.05, 0) is 76.2 Å². The number of aromatic amines is 1. The summed E-state index contributed by atoms with van der Waals surface area (Å²) in [6.07, 6.45) is -0.899. The summed E-state index contributed by atoms with van der Waals surface area (Å²) in [6.45, 7) is 6.53. The molecule has 312 valence electrons. The van der Waals surface area contributed by atoms with Gasteiger partial charge in [-0.25, -0.2) is 18.1 Å². The summed E-state index contributed by atoms with van der Waals surface area (Å²) in [5.74, 6) is -4.63. The van der Waals surface area contributed by atoms with E-state index in [-0.39, 0.29) is 41.0 Å². The maximum absolute atomic E-state index is 13.4. The molecule has 0 saturated carbocycles. The van der Waals surface area contributed by atoms with Gasteiger partial charge in [-0.2, -0.15) is 48.2 Å². The molecular weight excluding hydrogens is 845 g/mol. The Morgan fingerprint density at radius 1 is 0.690 bits per heavy atom. The van der Waals surface area contributed by atoms with Crippen LogP contribution in [0.3, 0.4) is 0 Å². The maximum atomic E-state index is 13.4. The Morgan fingerprint density at radius 3 is 1.62 bits per heavy atom. The van der Waals surface area contributed by atoms with E-state index >= 15 is 0 Å². The van der Waals surface area contributed by atoms with E-state index in [2.05, 4.69) is 28.5 Å². The lowest BCUT2D eigenvalue weighted by Crippen LogP contribution is -2.29. The van der Waals surface area contributed by atoms with Crippen LogP contribution in [-0.4, -0.2) is 74.7 Å². The van der Waals surface area contributed by atoms with E-state index in [0.29, 0.717) is 15.8 Å². The number of aromatic nitrogens is 6. The van der Waals surface area contributed by atoms with Gasteiger partial charge in [0.25, 0.3) is 5.56 Å². The molecule has 0 fully saturated rings. The third-order valence-electron chi connectivity index (χ3n) is 6.96. The van der Waals surface area contributed by atoms with Crippen molar-refractivity contribution in [1.29, 1.82) is 0 Å². The molecule has 4 aromatic heterocycles. The molecule has 0 saturated heterocycles. The Balaban J connectivity index is 0.000000247. The van der Waals surface area contributed by atoms with Gasteiger partial charge in [0.15, 0.2) is 17.0 Å². The average Bonchev–Trinajstić information content (AvgIpc) is 3.62. The number of pyridine rings is 2. The van der Waals surface area contributed by atoms with E-state index in [0.717, 1.165) is 30.3 Å². The zero-order valence-corrected chi connectivity index (χ0v) is 31.3. The zero-order chi connectivity index (χ0) is 43.1. The lowest BCUT2D eigenvalue weighted by molar-refractivity contribution is -0.0503. The van der Waals surface area contributed by atoms with Crippen LogP contribution in [0.1, 0.15) is 27.7 Å². The summed E-state index contributed by atoms with van der Waals surface area (Å²) >= 11 is 0. The van der Waals surface area contributed by atoms with Crippen molar-refractivity contribution >= 4 is 42.3 Å². The van der Waals surface area contributed by atoms with Crippen LogP contribution in [0.5, 0.6) is 29.1 Å². The highest BCUT2D eigenvalue weighted by Crippen LogP contribution is 2.41. The molecule has 0 aliphatic heterocycles. The molecule has 0 bridgehead atoms. The molecule has 0 amide bonds. The zero-order valence-electron chi connectivity index (χ0n) is 29.6. The van der Waals surface area contributed by atoms with Crippen LogP contribution in [0.15, 0.2) is 65.5 Å². The highest BCUT2D eigenvalue weighted by atomic mass is 32.2. The van der Waals surface area contributed by atoms with Crippen LogP contribution in [0, 0.1) is 11.6 Å². The number of fused-ring (bicyclic) bond motifs is 2. The van der Waals surface area contributed by atoms with Crippen molar-refractivity contribution in [3.05, 3.63) is 82.7 Å². The Labute approximate surface area is 320 Å². The SMILES string of the molecule is CC(C)Oc1nn(-c2ccc(F)cc2)c2[nH]c(=O)cc(O)c12.CC(C)Oc1nn(-c2ccc(F)cc2)c2nc(OS(=O)(=O)C(F)(F)F)cc(OS(=O)(=O)C(F)(F)F)c12. The Bertz CT molecular complexity index is 2750. The van der Waals surface area contributed by atoms with E-state index in [9.17, 15) is 61.9 Å². The number of aromatic hydroxyl groups is 1. The van der Waals surface area contributed by atoms with Crippen LogP contribution in [0.2, 0.25) is 0 Å². The van der Waals surface area contributed by atoms with Crippen molar-refractivity contribution in [3.63, 3.8) is 0 Å². The monoisotopic (exact) mass is 870 g/mol. The average molecular weight is 871 g/mol. The Kier molecular flexibility index (Phi) is 11.6. The number of nitrogens with zero attached hydrogens (tertiary/aromatic N) is 5. The van der Waals surface area contributed by atoms with Gasteiger partial charge in [0, 0.05) is 12.1 Å². The minimum Gasteiger partial charge on any atom is -0.507 e. The normalized spacial score (nSPS) is 12.5. The number of alkyl halides is 6. The van der Waals surface area contributed by atoms with Crippen LogP contribution in [0.25, 0.3) is 33.4 Å². The predicted octanol–water partition coefficient (Wildman–Crippen LogP) is 6.15. The minimum absolute atomic E-state index is 0.0682. The van der Waals surface area contributed by atoms with Crippen molar-refractivity contribution in [2.75, 3.05) is 0 Å². The number of hydrogen-bond donors (Lipinski definition) is 2. The van der Waals surface area contributed by atoms with E-state index in [1.165, 1.54) is 42.8 Å². The summed E-state index contributed by atoms with van der Waals surface area (Å²) in [5, 5.41) is 17.8. The standard InChI is InChI=1S/C17H12F7N3O7S2.C15H14FN3O3/c1-8(2)32-15-13-11(33-35(28,29)16(19,20)21)7-12(34-36(30,31)17(22,23)24)25-14(13)27(26-15)10-5-3-9(18)4-6-10;1-8(2)22-15-13-11(20)7-12(21)17-14(13)19(18-15)10-5-3-9(16)4-6-10/h3-8H,1-2H3;3-8H,1-2H3,(H2,17,20,21). The lowest BCUT2D eigenvalue weighted by atomic mass is 10.3. The first-order valence-corrected chi connectivity index (χ1v) is 18.7. The number of H-pyrrole nitrogens is 1. The van der Waals surface area contributed by atoms with Crippen molar-refractivity contribution in [2.24, 2.45) is 0 Å². The van der Waals surface area contributed by atoms with Gasteiger partial charge >= 0.3 is 31.3 Å². The smallest absolute Gasteiger partial charge is 0.507 e. The summed E-state index contributed by atoms with van der Waals surface area (Å²) in [7, 11) is -12.8. The number of ether oxygens (including phenoxy) is 2. The highest BCUT2D eigenvalue weighted by molar-refractivity contribution is 7.88.